The van der Waals surface area contributed by atoms with Gasteiger partial charge in [0, 0.05) is 26.9 Å². The molecule has 2 aromatic carbocycles. The Labute approximate surface area is 140 Å². The first-order valence-electron chi connectivity index (χ1n) is 6.24. The van der Waals surface area contributed by atoms with Gasteiger partial charge in [0.25, 0.3) is 5.91 Å². The molecule has 0 aliphatic heterocycles. The summed E-state index contributed by atoms with van der Waals surface area (Å²) in [6, 6.07) is 12.9. The number of carbonyl (C=O) groups is 1. The molecule has 1 N–H and O–H groups in total. The first kappa shape index (κ1) is 14.3. The van der Waals surface area contributed by atoms with Crippen molar-refractivity contribution >= 4 is 56.6 Å². The molecule has 3 nitrogen and oxygen atoms in total. The smallest absolute Gasteiger partial charge is 0.255 e. The van der Waals surface area contributed by atoms with Gasteiger partial charge in [0.15, 0.2) is 0 Å². The van der Waals surface area contributed by atoms with Gasteiger partial charge in [-0.2, -0.15) is 0 Å². The third-order valence-electron chi connectivity index (χ3n) is 3.11. The van der Waals surface area contributed by atoms with Crippen LogP contribution in [0.3, 0.4) is 0 Å². The van der Waals surface area contributed by atoms with E-state index in [2.05, 4.69) is 32.9 Å². The number of benzene rings is 2. The topological polar surface area (TPSA) is 42.0 Å². The standard InChI is InChI=1S/C16H10ClIN2O/c17-13-8-11(4-5-14(13)18)16(21)20-15-3-1-2-10-6-7-19-9-12(10)15/h1-9H,(H,20,21). The highest BCUT2D eigenvalue weighted by molar-refractivity contribution is 14.1. The van der Waals surface area contributed by atoms with Crippen molar-refractivity contribution < 1.29 is 4.79 Å². The van der Waals surface area contributed by atoms with E-state index >= 15 is 0 Å². The van der Waals surface area contributed by atoms with Crippen LogP contribution in [0.4, 0.5) is 5.69 Å². The Morgan fingerprint density at radius 2 is 2.05 bits per heavy atom. The minimum absolute atomic E-state index is 0.190. The SMILES string of the molecule is O=C(Nc1cccc2ccncc12)c1ccc(I)c(Cl)c1. The van der Waals surface area contributed by atoms with E-state index in [4.69, 9.17) is 11.6 Å². The van der Waals surface area contributed by atoms with E-state index in [1.165, 1.54) is 0 Å². The van der Waals surface area contributed by atoms with Crippen LogP contribution < -0.4 is 5.32 Å². The molecule has 3 aromatic rings. The van der Waals surface area contributed by atoms with Crippen LogP contribution in [0.15, 0.2) is 54.9 Å². The highest BCUT2D eigenvalue weighted by atomic mass is 127. The molecule has 1 aromatic heterocycles. The molecule has 3 rings (SSSR count). The second-order valence-electron chi connectivity index (χ2n) is 4.49. The number of nitrogens with one attached hydrogen (secondary N) is 1. The summed E-state index contributed by atoms with van der Waals surface area (Å²) in [6.07, 6.45) is 3.47. The number of anilines is 1. The van der Waals surface area contributed by atoms with Gasteiger partial charge in [-0.3, -0.25) is 9.78 Å². The molecule has 0 aliphatic carbocycles. The van der Waals surface area contributed by atoms with Gasteiger partial charge < -0.3 is 5.32 Å². The molecule has 0 saturated carbocycles. The largest absolute Gasteiger partial charge is 0.321 e. The Morgan fingerprint density at radius 1 is 1.19 bits per heavy atom. The predicted octanol–water partition coefficient (Wildman–Crippen LogP) is 4.75. The van der Waals surface area contributed by atoms with Crippen LogP contribution in [-0.4, -0.2) is 10.9 Å². The molecule has 0 saturated heterocycles. The minimum Gasteiger partial charge on any atom is -0.321 e. The number of aromatic nitrogens is 1. The first-order valence-corrected chi connectivity index (χ1v) is 7.70. The van der Waals surface area contributed by atoms with Crippen molar-refractivity contribution in [3.05, 3.63) is 69.0 Å². The lowest BCUT2D eigenvalue weighted by atomic mass is 10.1. The van der Waals surface area contributed by atoms with Crippen molar-refractivity contribution in [3.8, 4) is 0 Å². The number of amides is 1. The summed E-state index contributed by atoms with van der Waals surface area (Å²) in [5.74, 6) is -0.190. The van der Waals surface area contributed by atoms with Crippen molar-refractivity contribution in [3.63, 3.8) is 0 Å². The highest BCUT2D eigenvalue weighted by Gasteiger charge is 2.10. The molecule has 1 heterocycles. The van der Waals surface area contributed by atoms with Crippen LogP contribution in [0.5, 0.6) is 0 Å². The summed E-state index contributed by atoms with van der Waals surface area (Å²) in [7, 11) is 0. The number of fused-ring (bicyclic) bond motifs is 1. The fourth-order valence-corrected chi connectivity index (χ4v) is 2.57. The van der Waals surface area contributed by atoms with Gasteiger partial charge in [-0.15, -0.1) is 0 Å². The van der Waals surface area contributed by atoms with E-state index in [-0.39, 0.29) is 5.91 Å². The lowest BCUT2D eigenvalue weighted by Gasteiger charge is -2.09. The summed E-state index contributed by atoms with van der Waals surface area (Å²) in [5, 5.41) is 5.42. The van der Waals surface area contributed by atoms with Gasteiger partial charge in [0.2, 0.25) is 0 Å². The van der Waals surface area contributed by atoms with Crippen molar-refractivity contribution in [1.29, 1.82) is 0 Å². The molecule has 0 unspecified atom stereocenters. The van der Waals surface area contributed by atoms with Gasteiger partial charge in [0.1, 0.15) is 0 Å². The summed E-state index contributed by atoms with van der Waals surface area (Å²) >= 11 is 8.19. The zero-order valence-corrected chi connectivity index (χ0v) is 13.7. The van der Waals surface area contributed by atoms with E-state index in [0.29, 0.717) is 10.6 Å². The van der Waals surface area contributed by atoms with Gasteiger partial charge in [-0.25, -0.2) is 0 Å². The number of carbonyl (C=O) groups excluding carboxylic acids is 1. The summed E-state index contributed by atoms with van der Waals surface area (Å²) in [4.78, 5) is 16.4. The van der Waals surface area contributed by atoms with Gasteiger partial charge in [0.05, 0.1) is 10.7 Å². The van der Waals surface area contributed by atoms with E-state index < -0.39 is 0 Å². The molecule has 0 fully saturated rings. The molecule has 21 heavy (non-hydrogen) atoms. The van der Waals surface area contributed by atoms with E-state index in [0.717, 1.165) is 20.0 Å². The van der Waals surface area contributed by atoms with E-state index in [1.807, 2.05) is 30.3 Å². The number of nitrogens with zero attached hydrogens (tertiary/aromatic N) is 1. The number of rotatable bonds is 2. The Balaban J connectivity index is 1.94. The Kier molecular flexibility index (Phi) is 4.07. The number of hydrogen-bond acceptors (Lipinski definition) is 2. The molecular formula is C16H10ClIN2O. The maximum absolute atomic E-state index is 12.3. The lowest BCUT2D eigenvalue weighted by molar-refractivity contribution is 0.102. The number of hydrogen-bond donors (Lipinski definition) is 1. The normalized spacial score (nSPS) is 10.6. The first-order chi connectivity index (χ1) is 10.1. The van der Waals surface area contributed by atoms with E-state index in [1.54, 1.807) is 24.5 Å². The fourth-order valence-electron chi connectivity index (χ4n) is 2.05. The molecule has 0 aliphatic rings. The third kappa shape index (κ3) is 3.01. The number of pyridine rings is 1. The Bertz CT molecular complexity index is 830. The van der Waals surface area contributed by atoms with Crippen LogP contribution in [0.2, 0.25) is 5.02 Å². The van der Waals surface area contributed by atoms with Crippen molar-refractivity contribution in [2.75, 3.05) is 5.32 Å². The van der Waals surface area contributed by atoms with Crippen molar-refractivity contribution in [2.24, 2.45) is 0 Å². The average molecular weight is 409 g/mol. The van der Waals surface area contributed by atoms with Crippen LogP contribution in [0, 0.1) is 3.57 Å². The zero-order valence-electron chi connectivity index (χ0n) is 10.8. The zero-order chi connectivity index (χ0) is 14.8. The lowest BCUT2D eigenvalue weighted by Crippen LogP contribution is -2.12. The van der Waals surface area contributed by atoms with Crippen LogP contribution >= 0.6 is 34.2 Å². The third-order valence-corrected chi connectivity index (χ3v) is 4.69. The van der Waals surface area contributed by atoms with Gasteiger partial charge >= 0.3 is 0 Å². The van der Waals surface area contributed by atoms with Crippen LogP contribution in [0.25, 0.3) is 10.8 Å². The summed E-state index contributed by atoms with van der Waals surface area (Å²) in [6.45, 7) is 0. The molecule has 0 radical (unpaired) electrons. The molecular weight excluding hydrogens is 399 g/mol. The summed E-state index contributed by atoms with van der Waals surface area (Å²) in [5.41, 5.74) is 1.27. The Morgan fingerprint density at radius 3 is 2.86 bits per heavy atom. The fraction of sp³-hybridized carbons (Fsp3) is 0. The summed E-state index contributed by atoms with van der Waals surface area (Å²) < 4.78 is 0.917. The van der Waals surface area contributed by atoms with Gasteiger partial charge in [-0.1, -0.05) is 23.7 Å². The molecule has 104 valence electrons. The second-order valence-corrected chi connectivity index (χ2v) is 6.05. The molecule has 0 spiro atoms. The maximum atomic E-state index is 12.3. The maximum Gasteiger partial charge on any atom is 0.255 e. The van der Waals surface area contributed by atoms with E-state index in [9.17, 15) is 4.79 Å². The molecule has 1 amide bonds. The van der Waals surface area contributed by atoms with Gasteiger partial charge in [-0.05, 0) is 58.3 Å². The Hall–Kier alpha value is -1.66. The minimum atomic E-state index is -0.190. The second kappa shape index (κ2) is 5.99. The predicted molar refractivity (Wildman–Crippen MR) is 93.9 cm³/mol. The van der Waals surface area contributed by atoms with Crippen LogP contribution in [0.1, 0.15) is 10.4 Å². The van der Waals surface area contributed by atoms with Crippen molar-refractivity contribution in [1.82, 2.24) is 4.98 Å². The monoisotopic (exact) mass is 408 g/mol. The molecule has 5 heteroatoms. The average Bonchev–Trinajstić information content (AvgIpc) is 2.50. The quantitative estimate of drug-likeness (QED) is 0.622. The number of halogens is 2. The van der Waals surface area contributed by atoms with Crippen LogP contribution in [-0.2, 0) is 0 Å². The molecule has 0 atom stereocenters. The highest BCUT2D eigenvalue weighted by Crippen LogP contribution is 2.24. The van der Waals surface area contributed by atoms with Crippen molar-refractivity contribution in [2.45, 2.75) is 0 Å². The molecule has 0 bridgehead atoms.